The number of hydrogen-bond acceptors (Lipinski definition) is 7. The van der Waals surface area contributed by atoms with E-state index in [1.807, 2.05) is 0 Å². The van der Waals surface area contributed by atoms with Crippen LogP contribution in [0, 0.1) is 0 Å². The molecular formula is C17H26N2O6. The van der Waals surface area contributed by atoms with Crippen LogP contribution in [0.1, 0.15) is 49.2 Å². The second-order valence-corrected chi connectivity index (χ2v) is 6.53. The van der Waals surface area contributed by atoms with E-state index in [9.17, 15) is 19.8 Å². The Morgan fingerprint density at radius 2 is 1.92 bits per heavy atom. The van der Waals surface area contributed by atoms with Crippen LogP contribution in [0.3, 0.4) is 0 Å². The Labute approximate surface area is 146 Å². The fourth-order valence-corrected chi connectivity index (χ4v) is 2.13. The average molecular weight is 354 g/mol. The number of nitrogen functional groups attached to an aromatic ring is 1. The SMILES string of the molecule is COC(=O)c1cccc(C(O)C(O)CCNC(=O)OC(C)(C)C)c1N. The third-order valence-corrected chi connectivity index (χ3v) is 3.34. The average Bonchev–Trinajstić information content (AvgIpc) is 2.51. The topological polar surface area (TPSA) is 131 Å². The number of carbonyl (C=O) groups is 2. The summed E-state index contributed by atoms with van der Waals surface area (Å²) in [7, 11) is 1.22. The highest BCUT2D eigenvalue weighted by molar-refractivity contribution is 5.95. The lowest BCUT2D eigenvalue weighted by Gasteiger charge is -2.22. The predicted molar refractivity (Wildman–Crippen MR) is 92.0 cm³/mol. The number of methoxy groups -OCH3 is 1. The first-order valence-corrected chi connectivity index (χ1v) is 7.86. The summed E-state index contributed by atoms with van der Waals surface area (Å²) >= 11 is 0. The van der Waals surface area contributed by atoms with E-state index in [4.69, 9.17) is 10.5 Å². The van der Waals surface area contributed by atoms with Gasteiger partial charge in [-0.25, -0.2) is 9.59 Å². The van der Waals surface area contributed by atoms with Crippen LogP contribution in [-0.2, 0) is 9.47 Å². The van der Waals surface area contributed by atoms with Crippen molar-refractivity contribution in [1.82, 2.24) is 5.32 Å². The maximum absolute atomic E-state index is 11.6. The molecule has 8 nitrogen and oxygen atoms in total. The molecule has 8 heteroatoms. The van der Waals surface area contributed by atoms with E-state index in [0.717, 1.165) is 0 Å². The summed E-state index contributed by atoms with van der Waals surface area (Å²) < 4.78 is 9.69. The van der Waals surface area contributed by atoms with E-state index in [0.29, 0.717) is 0 Å². The second kappa shape index (κ2) is 8.68. The molecule has 5 N–H and O–H groups in total. The number of para-hydroxylation sites is 1. The van der Waals surface area contributed by atoms with Crippen LogP contribution in [0.5, 0.6) is 0 Å². The van der Waals surface area contributed by atoms with Crippen molar-refractivity contribution in [2.75, 3.05) is 19.4 Å². The summed E-state index contributed by atoms with van der Waals surface area (Å²) in [5.74, 6) is -0.632. The molecule has 0 aliphatic heterocycles. The number of esters is 1. The van der Waals surface area contributed by atoms with Crippen molar-refractivity contribution < 1.29 is 29.3 Å². The number of aliphatic hydroxyl groups excluding tert-OH is 2. The number of nitrogens with two attached hydrogens (primary N) is 1. The molecular weight excluding hydrogens is 328 g/mol. The maximum Gasteiger partial charge on any atom is 0.407 e. The molecule has 1 aromatic rings. The fraction of sp³-hybridized carbons (Fsp3) is 0.529. The van der Waals surface area contributed by atoms with E-state index < -0.39 is 29.9 Å². The first-order valence-electron chi connectivity index (χ1n) is 7.86. The molecule has 140 valence electrons. The number of aliphatic hydroxyl groups is 2. The van der Waals surface area contributed by atoms with Crippen LogP contribution in [0.15, 0.2) is 18.2 Å². The van der Waals surface area contributed by atoms with E-state index in [1.165, 1.54) is 25.3 Å². The van der Waals surface area contributed by atoms with Crippen molar-refractivity contribution in [3.05, 3.63) is 29.3 Å². The summed E-state index contributed by atoms with van der Waals surface area (Å²) in [6, 6.07) is 4.51. The number of ether oxygens (including phenoxy) is 2. The van der Waals surface area contributed by atoms with Gasteiger partial charge in [0.15, 0.2) is 0 Å². The Bertz CT molecular complexity index is 612. The number of anilines is 1. The first kappa shape index (κ1) is 20.7. The fourth-order valence-electron chi connectivity index (χ4n) is 2.13. The van der Waals surface area contributed by atoms with Gasteiger partial charge in [0, 0.05) is 12.1 Å². The molecule has 1 aromatic carbocycles. The Hall–Kier alpha value is -2.32. The molecule has 0 bridgehead atoms. The number of carbonyl (C=O) groups excluding carboxylic acids is 2. The van der Waals surface area contributed by atoms with Gasteiger partial charge in [0.1, 0.15) is 11.7 Å². The minimum atomic E-state index is -1.31. The highest BCUT2D eigenvalue weighted by Gasteiger charge is 2.24. The normalized spacial score (nSPS) is 13.7. The zero-order valence-electron chi connectivity index (χ0n) is 14.9. The number of benzene rings is 1. The molecule has 0 spiro atoms. The zero-order chi connectivity index (χ0) is 19.2. The van der Waals surface area contributed by atoms with Crippen molar-refractivity contribution in [3.63, 3.8) is 0 Å². The number of alkyl carbamates (subject to hydrolysis) is 1. The van der Waals surface area contributed by atoms with Crippen LogP contribution in [0.4, 0.5) is 10.5 Å². The van der Waals surface area contributed by atoms with E-state index >= 15 is 0 Å². The quantitative estimate of drug-likeness (QED) is 0.448. The first-order chi connectivity index (χ1) is 11.6. The van der Waals surface area contributed by atoms with Gasteiger partial charge in [-0.1, -0.05) is 12.1 Å². The van der Waals surface area contributed by atoms with Crippen LogP contribution in [0.25, 0.3) is 0 Å². The minimum absolute atomic E-state index is 0.0426. The van der Waals surface area contributed by atoms with Crippen LogP contribution >= 0.6 is 0 Å². The zero-order valence-corrected chi connectivity index (χ0v) is 14.9. The highest BCUT2D eigenvalue weighted by Crippen LogP contribution is 2.27. The molecule has 0 saturated carbocycles. The van der Waals surface area contributed by atoms with Gasteiger partial charge in [-0.05, 0) is 33.3 Å². The second-order valence-electron chi connectivity index (χ2n) is 6.53. The minimum Gasteiger partial charge on any atom is -0.465 e. The number of rotatable bonds is 6. The molecule has 0 saturated heterocycles. The van der Waals surface area contributed by atoms with Gasteiger partial charge in [0.05, 0.1) is 24.5 Å². The third-order valence-electron chi connectivity index (χ3n) is 3.34. The molecule has 0 aromatic heterocycles. The van der Waals surface area contributed by atoms with E-state index in [2.05, 4.69) is 10.1 Å². The lowest BCUT2D eigenvalue weighted by molar-refractivity contribution is 0.0126. The molecule has 1 amide bonds. The monoisotopic (exact) mass is 354 g/mol. The molecule has 1 rings (SSSR count). The number of hydrogen-bond donors (Lipinski definition) is 4. The third kappa shape index (κ3) is 6.24. The maximum atomic E-state index is 11.6. The van der Waals surface area contributed by atoms with Gasteiger partial charge in [-0.3, -0.25) is 0 Å². The summed E-state index contributed by atoms with van der Waals surface area (Å²) in [6.07, 6.45) is -3.04. The lowest BCUT2D eigenvalue weighted by atomic mass is 9.97. The summed E-state index contributed by atoms with van der Waals surface area (Å²) in [5.41, 5.74) is 5.63. The predicted octanol–water partition coefficient (Wildman–Crippen LogP) is 1.36. The van der Waals surface area contributed by atoms with Crippen LogP contribution < -0.4 is 11.1 Å². The van der Waals surface area contributed by atoms with Gasteiger partial charge in [0.2, 0.25) is 0 Å². The van der Waals surface area contributed by atoms with Crippen molar-refractivity contribution in [2.24, 2.45) is 0 Å². The van der Waals surface area contributed by atoms with Gasteiger partial charge < -0.3 is 30.7 Å². The Kier molecular flexibility index (Phi) is 7.20. The molecule has 25 heavy (non-hydrogen) atoms. The number of amides is 1. The molecule has 0 aliphatic carbocycles. The van der Waals surface area contributed by atoms with Gasteiger partial charge in [-0.2, -0.15) is 0 Å². The summed E-state index contributed by atoms with van der Waals surface area (Å²) in [4.78, 5) is 23.2. The van der Waals surface area contributed by atoms with Crippen LogP contribution in [-0.4, -0.2) is 47.6 Å². The van der Waals surface area contributed by atoms with Gasteiger partial charge >= 0.3 is 12.1 Å². The Morgan fingerprint density at radius 3 is 2.48 bits per heavy atom. The molecule has 0 aliphatic rings. The molecule has 2 unspecified atom stereocenters. The van der Waals surface area contributed by atoms with E-state index in [-0.39, 0.29) is 29.8 Å². The Morgan fingerprint density at radius 1 is 1.28 bits per heavy atom. The van der Waals surface area contributed by atoms with E-state index in [1.54, 1.807) is 20.8 Å². The van der Waals surface area contributed by atoms with Crippen molar-refractivity contribution in [1.29, 1.82) is 0 Å². The Balaban J connectivity index is 2.67. The van der Waals surface area contributed by atoms with Crippen LogP contribution in [0.2, 0.25) is 0 Å². The van der Waals surface area contributed by atoms with Gasteiger partial charge in [-0.15, -0.1) is 0 Å². The highest BCUT2D eigenvalue weighted by atomic mass is 16.6. The molecule has 2 atom stereocenters. The molecule has 0 heterocycles. The van der Waals surface area contributed by atoms with Crippen molar-refractivity contribution >= 4 is 17.7 Å². The van der Waals surface area contributed by atoms with Gasteiger partial charge in [0.25, 0.3) is 0 Å². The van der Waals surface area contributed by atoms with Crippen molar-refractivity contribution in [2.45, 2.75) is 45.0 Å². The molecule has 0 fully saturated rings. The largest absolute Gasteiger partial charge is 0.465 e. The van der Waals surface area contributed by atoms with Crippen molar-refractivity contribution in [3.8, 4) is 0 Å². The molecule has 0 radical (unpaired) electrons. The smallest absolute Gasteiger partial charge is 0.407 e. The summed E-state index contributed by atoms with van der Waals surface area (Å²) in [6.45, 7) is 5.32. The number of nitrogens with one attached hydrogen (secondary N) is 1. The summed E-state index contributed by atoms with van der Waals surface area (Å²) in [5, 5.41) is 22.9. The lowest BCUT2D eigenvalue weighted by Crippen LogP contribution is -2.34. The standard InChI is InChI=1S/C17H26N2O6/c1-17(2,3)25-16(23)19-9-8-12(20)14(21)10-6-5-7-11(13(10)18)15(22)24-4/h5-7,12,14,20-21H,8-9,18H2,1-4H3,(H,19,23).